The monoisotopic (exact) mass is 501 g/mol. The minimum absolute atomic E-state index is 0.0962. The summed E-state index contributed by atoms with van der Waals surface area (Å²) in [6, 6.07) is -3.97. The summed E-state index contributed by atoms with van der Waals surface area (Å²) in [4.78, 5) is 53.3. The van der Waals surface area contributed by atoms with E-state index in [1.54, 1.807) is 0 Å². The predicted molar refractivity (Wildman–Crippen MR) is 133 cm³/mol. The summed E-state index contributed by atoms with van der Waals surface area (Å²) in [5.41, 5.74) is 27.6. The number of carboxylic acid groups (broad SMARTS) is 1. The molecule has 0 spiro atoms. The van der Waals surface area contributed by atoms with E-state index in [-0.39, 0.29) is 25.3 Å². The fourth-order valence-corrected chi connectivity index (χ4v) is 3.10. The van der Waals surface area contributed by atoms with Crippen LogP contribution in [0.3, 0.4) is 0 Å². The van der Waals surface area contributed by atoms with Gasteiger partial charge >= 0.3 is 5.97 Å². The lowest BCUT2D eigenvalue weighted by atomic mass is 10.0. The second kappa shape index (κ2) is 18.4. The quantitative estimate of drug-likeness (QED) is 0.0497. The lowest BCUT2D eigenvalue weighted by Gasteiger charge is -2.25. The molecular weight excluding hydrogens is 458 g/mol. The van der Waals surface area contributed by atoms with Crippen molar-refractivity contribution in [2.45, 2.75) is 82.5 Å². The molecule has 4 atom stereocenters. The van der Waals surface area contributed by atoms with E-state index in [0.717, 1.165) is 6.42 Å². The molecular formula is C21H43N9O5. The Kier molecular flexibility index (Phi) is 16.8. The van der Waals surface area contributed by atoms with Crippen molar-refractivity contribution in [3.05, 3.63) is 0 Å². The van der Waals surface area contributed by atoms with Gasteiger partial charge in [-0.25, -0.2) is 0 Å². The summed E-state index contributed by atoms with van der Waals surface area (Å²) in [5.74, 6) is -3.06. The van der Waals surface area contributed by atoms with E-state index in [4.69, 9.17) is 33.8 Å². The molecule has 0 fully saturated rings. The van der Waals surface area contributed by atoms with E-state index in [0.29, 0.717) is 45.2 Å². The van der Waals surface area contributed by atoms with Crippen LogP contribution in [-0.4, -0.2) is 78.6 Å². The van der Waals surface area contributed by atoms with Gasteiger partial charge in [0.2, 0.25) is 17.7 Å². The van der Waals surface area contributed by atoms with Gasteiger partial charge in [-0.3, -0.25) is 24.2 Å². The molecule has 0 aromatic rings. The first-order valence-corrected chi connectivity index (χ1v) is 11.9. The number of nitrogens with two attached hydrogens (primary N) is 5. The molecule has 0 bridgehead atoms. The highest BCUT2D eigenvalue weighted by Crippen LogP contribution is 2.06. The zero-order valence-corrected chi connectivity index (χ0v) is 20.5. The van der Waals surface area contributed by atoms with Crippen LogP contribution in [0.25, 0.3) is 0 Å². The lowest BCUT2D eigenvalue weighted by molar-refractivity contribution is -0.141. The van der Waals surface area contributed by atoms with Crippen LogP contribution in [0.2, 0.25) is 0 Å². The number of carbonyl (C=O) groups excluding carboxylic acids is 3. The third-order valence-corrected chi connectivity index (χ3v) is 5.19. The van der Waals surface area contributed by atoms with Crippen LogP contribution in [0.5, 0.6) is 0 Å². The predicted octanol–water partition coefficient (Wildman–Crippen LogP) is -2.82. The van der Waals surface area contributed by atoms with Crippen LogP contribution >= 0.6 is 0 Å². The Hall–Kier alpha value is -2.97. The summed E-state index contributed by atoms with van der Waals surface area (Å²) in [7, 11) is 0. The first-order chi connectivity index (χ1) is 16.5. The summed E-state index contributed by atoms with van der Waals surface area (Å²) < 4.78 is 0. The van der Waals surface area contributed by atoms with E-state index < -0.39 is 47.9 Å². The second-order valence-electron chi connectivity index (χ2n) is 8.32. The van der Waals surface area contributed by atoms with Crippen LogP contribution in [0, 0.1) is 0 Å². The maximum Gasteiger partial charge on any atom is 0.325 e. The molecule has 0 saturated carbocycles. The maximum atomic E-state index is 13.1. The molecule has 0 aliphatic heterocycles. The lowest BCUT2D eigenvalue weighted by Crippen LogP contribution is -2.56. The molecule has 0 aromatic carbocycles. The fraction of sp³-hybridized carbons (Fsp3) is 0.762. The standard InChI is InChI=1S/C21H43N9O5/c1-13(20(34)35)28-18(32)15(8-3-5-11-23)30-19(33)16(9-6-12-27-21(25)26)29-17(31)14(24)7-2-4-10-22/h13-16H,2-12,22-24H2,1H3,(H,28,32)(H,29,31)(H,30,33)(H,34,35)(H4,25,26,27). The van der Waals surface area contributed by atoms with E-state index >= 15 is 0 Å². The normalized spacial score (nSPS) is 14.2. The highest BCUT2D eigenvalue weighted by Gasteiger charge is 2.29. The molecule has 0 saturated heterocycles. The van der Waals surface area contributed by atoms with Crippen molar-refractivity contribution in [1.29, 1.82) is 0 Å². The number of nitrogens with zero attached hydrogens (tertiary/aromatic N) is 1. The number of aliphatic carboxylic acids is 1. The third kappa shape index (κ3) is 14.8. The van der Waals surface area contributed by atoms with Crippen molar-refractivity contribution in [2.24, 2.45) is 33.7 Å². The van der Waals surface area contributed by atoms with E-state index in [2.05, 4.69) is 20.9 Å². The number of amides is 3. The molecule has 4 unspecified atom stereocenters. The summed E-state index contributed by atoms with van der Waals surface area (Å²) in [5, 5.41) is 16.7. The number of carboxylic acids is 1. The number of hydrogen-bond acceptors (Lipinski definition) is 8. The van der Waals surface area contributed by atoms with Crippen molar-refractivity contribution in [1.82, 2.24) is 16.0 Å². The third-order valence-electron chi connectivity index (χ3n) is 5.19. The van der Waals surface area contributed by atoms with Gasteiger partial charge in [0, 0.05) is 6.54 Å². The average Bonchev–Trinajstić information content (AvgIpc) is 2.79. The number of guanidine groups is 1. The number of aliphatic imine (C=N–C) groups is 1. The molecule has 35 heavy (non-hydrogen) atoms. The molecule has 14 heteroatoms. The Labute approximate surface area is 206 Å². The SMILES string of the molecule is CC(NC(=O)C(CCCCN)NC(=O)C(CCCN=C(N)N)NC(=O)C(N)CCCCN)C(=O)O. The minimum atomic E-state index is -1.21. The van der Waals surface area contributed by atoms with Crippen LogP contribution < -0.4 is 44.6 Å². The zero-order chi connectivity index (χ0) is 26.8. The smallest absolute Gasteiger partial charge is 0.325 e. The Balaban J connectivity index is 5.41. The number of unbranched alkanes of at least 4 members (excludes halogenated alkanes) is 2. The molecule has 0 rings (SSSR count). The molecule has 0 aliphatic rings. The molecule has 0 aliphatic carbocycles. The molecule has 0 radical (unpaired) electrons. The Bertz CT molecular complexity index is 701. The second-order valence-corrected chi connectivity index (χ2v) is 8.32. The zero-order valence-electron chi connectivity index (χ0n) is 20.5. The highest BCUT2D eigenvalue weighted by molar-refractivity contribution is 5.94. The van der Waals surface area contributed by atoms with Crippen molar-refractivity contribution in [2.75, 3.05) is 19.6 Å². The number of nitrogens with one attached hydrogen (secondary N) is 3. The van der Waals surface area contributed by atoms with Crippen LogP contribution in [0.15, 0.2) is 4.99 Å². The van der Waals surface area contributed by atoms with Gasteiger partial charge in [0.15, 0.2) is 5.96 Å². The summed E-state index contributed by atoms with van der Waals surface area (Å²) in [6.45, 7) is 2.44. The fourth-order valence-electron chi connectivity index (χ4n) is 3.10. The topological polar surface area (TPSA) is 267 Å². The van der Waals surface area contributed by atoms with Crippen LogP contribution in [-0.2, 0) is 19.2 Å². The summed E-state index contributed by atoms with van der Waals surface area (Å²) >= 11 is 0. The molecule has 14 N–H and O–H groups in total. The highest BCUT2D eigenvalue weighted by atomic mass is 16.4. The van der Waals surface area contributed by atoms with E-state index in [1.165, 1.54) is 6.92 Å². The van der Waals surface area contributed by atoms with Gasteiger partial charge < -0.3 is 49.7 Å². The maximum absolute atomic E-state index is 13.1. The number of hydrogen-bond donors (Lipinski definition) is 9. The van der Waals surface area contributed by atoms with Gasteiger partial charge in [0.25, 0.3) is 0 Å². The Morgan fingerprint density at radius 1 is 0.771 bits per heavy atom. The van der Waals surface area contributed by atoms with Crippen molar-refractivity contribution in [3.8, 4) is 0 Å². The largest absolute Gasteiger partial charge is 0.480 e. The first-order valence-electron chi connectivity index (χ1n) is 11.9. The van der Waals surface area contributed by atoms with Crippen molar-refractivity contribution in [3.63, 3.8) is 0 Å². The molecule has 3 amide bonds. The van der Waals surface area contributed by atoms with Crippen molar-refractivity contribution >= 4 is 29.7 Å². The van der Waals surface area contributed by atoms with Gasteiger partial charge in [-0.05, 0) is 65.0 Å². The van der Waals surface area contributed by atoms with Gasteiger partial charge in [-0.15, -0.1) is 0 Å². The molecule has 0 heterocycles. The number of carbonyl (C=O) groups is 4. The van der Waals surface area contributed by atoms with Gasteiger partial charge in [-0.1, -0.05) is 6.42 Å². The van der Waals surface area contributed by atoms with Crippen molar-refractivity contribution < 1.29 is 24.3 Å². The van der Waals surface area contributed by atoms with Crippen LogP contribution in [0.1, 0.15) is 58.3 Å². The Morgan fingerprint density at radius 2 is 1.26 bits per heavy atom. The number of rotatable bonds is 19. The first kappa shape index (κ1) is 32.0. The molecule has 14 nitrogen and oxygen atoms in total. The van der Waals surface area contributed by atoms with Crippen LogP contribution in [0.4, 0.5) is 0 Å². The molecule has 202 valence electrons. The van der Waals surface area contributed by atoms with Gasteiger partial charge in [-0.2, -0.15) is 0 Å². The summed E-state index contributed by atoms with van der Waals surface area (Å²) in [6.07, 6.45) is 3.74. The Morgan fingerprint density at radius 3 is 1.77 bits per heavy atom. The molecule has 0 aromatic heterocycles. The van der Waals surface area contributed by atoms with Gasteiger partial charge in [0.05, 0.1) is 6.04 Å². The average molecular weight is 502 g/mol. The van der Waals surface area contributed by atoms with E-state index in [9.17, 15) is 19.2 Å². The minimum Gasteiger partial charge on any atom is -0.480 e. The van der Waals surface area contributed by atoms with Gasteiger partial charge in [0.1, 0.15) is 18.1 Å². The van der Waals surface area contributed by atoms with E-state index in [1.807, 2.05) is 0 Å².